The maximum atomic E-state index is 10.6. The average molecular weight is 500 g/mol. The second-order valence-electron chi connectivity index (χ2n) is 8.91. The number of fused-ring (bicyclic) bond motifs is 2. The lowest BCUT2D eigenvalue weighted by Crippen LogP contribution is -2.09. The number of para-hydroxylation sites is 1. The number of H-pyrrole nitrogens is 2. The predicted molar refractivity (Wildman–Crippen MR) is 145 cm³/mol. The number of hydrogen-bond acceptors (Lipinski definition) is 7. The molecule has 0 aliphatic carbocycles. The van der Waals surface area contributed by atoms with E-state index in [1.807, 2.05) is 66.7 Å². The molecule has 0 aliphatic heterocycles. The summed E-state index contributed by atoms with van der Waals surface area (Å²) in [6.45, 7) is 0. The SMILES string of the molecule is OC(Nc1cncc(-c2cnc3n[nH]c(-c4nc5c(-c6ccoc6)cccc5[nH]4)c3c2)c1)c1ccccc1. The van der Waals surface area contributed by atoms with E-state index in [2.05, 4.69) is 30.5 Å². The molecule has 1 unspecified atom stereocenters. The Hall–Kier alpha value is -5.28. The van der Waals surface area contributed by atoms with Gasteiger partial charge >= 0.3 is 0 Å². The van der Waals surface area contributed by atoms with Crippen LogP contribution < -0.4 is 5.32 Å². The van der Waals surface area contributed by atoms with Crippen LogP contribution in [-0.2, 0) is 0 Å². The molecule has 0 fully saturated rings. The van der Waals surface area contributed by atoms with E-state index in [1.54, 1.807) is 31.1 Å². The van der Waals surface area contributed by atoms with Gasteiger partial charge in [0.1, 0.15) is 5.69 Å². The Morgan fingerprint density at radius 2 is 1.79 bits per heavy atom. The minimum Gasteiger partial charge on any atom is -0.472 e. The number of aromatic amines is 2. The first-order chi connectivity index (χ1) is 18.7. The van der Waals surface area contributed by atoms with Crippen LogP contribution in [0.15, 0.2) is 102 Å². The predicted octanol–water partition coefficient (Wildman–Crippen LogP) is 5.93. The van der Waals surface area contributed by atoms with Crippen molar-refractivity contribution in [1.29, 1.82) is 0 Å². The van der Waals surface area contributed by atoms with Crippen LogP contribution in [0, 0.1) is 0 Å². The van der Waals surface area contributed by atoms with Crippen LogP contribution in [-0.4, -0.2) is 35.2 Å². The fourth-order valence-electron chi connectivity index (χ4n) is 4.59. The van der Waals surface area contributed by atoms with Crippen molar-refractivity contribution in [3.05, 3.63) is 103 Å². The summed E-state index contributed by atoms with van der Waals surface area (Å²) >= 11 is 0. The van der Waals surface area contributed by atoms with E-state index in [0.29, 0.717) is 17.2 Å². The molecule has 9 heteroatoms. The van der Waals surface area contributed by atoms with Gasteiger partial charge in [0.05, 0.1) is 40.8 Å². The number of aliphatic hydroxyl groups excluding tert-OH is 1. The maximum Gasteiger partial charge on any atom is 0.181 e. The molecule has 1 atom stereocenters. The summed E-state index contributed by atoms with van der Waals surface area (Å²) < 4.78 is 5.28. The van der Waals surface area contributed by atoms with Crippen molar-refractivity contribution in [2.45, 2.75) is 6.23 Å². The van der Waals surface area contributed by atoms with Gasteiger partial charge in [-0.15, -0.1) is 0 Å². The normalized spacial score (nSPS) is 12.2. The number of hydrogen-bond donors (Lipinski definition) is 4. The van der Waals surface area contributed by atoms with Gasteiger partial charge in [-0.05, 0) is 24.3 Å². The molecule has 0 saturated heterocycles. The standard InChI is InChI=1S/C29H21N7O2/c37-29(17-5-2-1-3-6-17)32-21-11-19(13-30-15-21)20-12-23-26(35-36-27(23)31-14-20)28-33-24-8-4-7-22(25(24)34-28)18-9-10-38-16-18/h1-16,29,32,37H,(H,33,34)(H,31,35,36). The molecule has 38 heavy (non-hydrogen) atoms. The molecule has 2 aromatic carbocycles. The number of aliphatic hydroxyl groups is 1. The zero-order valence-electron chi connectivity index (χ0n) is 20.0. The highest BCUT2D eigenvalue weighted by atomic mass is 16.3. The van der Waals surface area contributed by atoms with Crippen molar-refractivity contribution in [2.75, 3.05) is 5.32 Å². The van der Waals surface area contributed by atoms with Gasteiger partial charge in [-0.1, -0.05) is 42.5 Å². The van der Waals surface area contributed by atoms with Crippen molar-refractivity contribution in [3.8, 4) is 33.8 Å². The Labute approximate surface area is 216 Å². The van der Waals surface area contributed by atoms with Gasteiger partial charge in [0.2, 0.25) is 0 Å². The highest BCUT2D eigenvalue weighted by molar-refractivity contribution is 5.97. The first-order valence-electron chi connectivity index (χ1n) is 12.0. The largest absolute Gasteiger partial charge is 0.472 e. The smallest absolute Gasteiger partial charge is 0.181 e. The zero-order chi connectivity index (χ0) is 25.5. The molecule has 0 amide bonds. The van der Waals surface area contributed by atoms with Crippen LogP contribution in [0.5, 0.6) is 0 Å². The molecule has 7 rings (SSSR count). The number of nitrogens with one attached hydrogen (secondary N) is 3. The number of aromatic nitrogens is 6. The van der Waals surface area contributed by atoms with E-state index < -0.39 is 6.23 Å². The fourth-order valence-corrected chi connectivity index (χ4v) is 4.59. The number of rotatable bonds is 6. The fraction of sp³-hybridized carbons (Fsp3) is 0.0345. The summed E-state index contributed by atoms with van der Waals surface area (Å²) in [5, 5.41) is 22.0. The van der Waals surface area contributed by atoms with Gasteiger partial charge in [0.25, 0.3) is 0 Å². The highest BCUT2D eigenvalue weighted by Gasteiger charge is 2.17. The molecule has 0 spiro atoms. The van der Waals surface area contributed by atoms with Gasteiger partial charge in [-0.2, -0.15) is 5.10 Å². The molecule has 0 bridgehead atoms. The minimum absolute atomic E-state index is 0.584. The molecule has 5 heterocycles. The molecule has 5 aromatic heterocycles. The summed E-state index contributed by atoms with van der Waals surface area (Å²) in [6, 6.07) is 21.3. The Kier molecular flexibility index (Phi) is 5.19. The maximum absolute atomic E-state index is 10.6. The summed E-state index contributed by atoms with van der Waals surface area (Å²) in [4.78, 5) is 17.2. The lowest BCUT2D eigenvalue weighted by atomic mass is 10.1. The van der Waals surface area contributed by atoms with Crippen molar-refractivity contribution in [3.63, 3.8) is 0 Å². The lowest BCUT2D eigenvalue weighted by molar-refractivity contribution is 0.208. The van der Waals surface area contributed by atoms with Gasteiger partial charge in [0.15, 0.2) is 17.7 Å². The molecule has 7 aromatic rings. The molecule has 0 radical (unpaired) electrons. The molecule has 0 aliphatic rings. The van der Waals surface area contributed by atoms with Crippen molar-refractivity contribution in [1.82, 2.24) is 30.1 Å². The minimum atomic E-state index is -0.852. The number of anilines is 1. The highest BCUT2D eigenvalue weighted by Crippen LogP contribution is 2.33. The Morgan fingerprint density at radius 3 is 2.66 bits per heavy atom. The topological polar surface area (TPSA) is 129 Å². The second-order valence-corrected chi connectivity index (χ2v) is 8.91. The summed E-state index contributed by atoms with van der Waals surface area (Å²) in [6.07, 6.45) is 7.71. The summed E-state index contributed by atoms with van der Waals surface area (Å²) in [5.74, 6) is 0.664. The first kappa shape index (κ1) is 22.0. The third-order valence-electron chi connectivity index (χ3n) is 6.48. The quantitative estimate of drug-likeness (QED) is 0.209. The van der Waals surface area contributed by atoms with Gasteiger partial charge in [-0.25, -0.2) is 9.97 Å². The number of nitrogens with zero attached hydrogens (tertiary/aromatic N) is 4. The third kappa shape index (κ3) is 3.87. The zero-order valence-corrected chi connectivity index (χ0v) is 20.0. The number of furan rings is 1. The van der Waals surface area contributed by atoms with E-state index in [4.69, 9.17) is 9.40 Å². The van der Waals surface area contributed by atoms with Crippen molar-refractivity contribution < 1.29 is 9.52 Å². The van der Waals surface area contributed by atoms with E-state index in [-0.39, 0.29) is 0 Å². The number of benzene rings is 2. The molecule has 184 valence electrons. The van der Waals surface area contributed by atoms with Gasteiger partial charge < -0.3 is 19.8 Å². The Balaban J connectivity index is 1.25. The summed E-state index contributed by atoms with van der Waals surface area (Å²) in [7, 11) is 0. The Morgan fingerprint density at radius 1 is 0.895 bits per heavy atom. The van der Waals surface area contributed by atoms with E-state index in [1.165, 1.54) is 0 Å². The van der Waals surface area contributed by atoms with Crippen LogP contribution in [0.25, 0.3) is 55.8 Å². The van der Waals surface area contributed by atoms with Crippen molar-refractivity contribution >= 4 is 27.8 Å². The van der Waals surface area contributed by atoms with Crippen LogP contribution in [0.4, 0.5) is 5.69 Å². The Bertz CT molecular complexity index is 1870. The van der Waals surface area contributed by atoms with Crippen molar-refractivity contribution in [2.24, 2.45) is 0 Å². The van der Waals surface area contributed by atoms with E-state index >= 15 is 0 Å². The molecular formula is C29H21N7O2. The molecule has 4 N–H and O–H groups in total. The lowest BCUT2D eigenvalue weighted by Gasteiger charge is -2.15. The third-order valence-corrected chi connectivity index (χ3v) is 6.48. The van der Waals surface area contributed by atoms with Crippen LogP contribution in [0.2, 0.25) is 0 Å². The van der Waals surface area contributed by atoms with Crippen LogP contribution in [0.3, 0.4) is 0 Å². The second kappa shape index (κ2) is 8.99. The molecule has 0 saturated carbocycles. The van der Waals surface area contributed by atoms with Gasteiger partial charge in [-0.3, -0.25) is 10.1 Å². The van der Waals surface area contributed by atoms with Crippen LogP contribution in [0.1, 0.15) is 11.8 Å². The number of pyridine rings is 2. The van der Waals surface area contributed by atoms with Crippen LogP contribution >= 0.6 is 0 Å². The van der Waals surface area contributed by atoms with E-state index in [0.717, 1.165) is 49.9 Å². The van der Waals surface area contributed by atoms with Gasteiger partial charge in [0, 0.05) is 40.2 Å². The molecule has 9 nitrogen and oxygen atoms in total. The summed E-state index contributed by atoms with van der Waals surface area (Å²) in [5.41, 5.74) is 8.19. The average Bonchev–Trinajstić information content (AvgIpc) is 3.73. The molecular weight excluding hydrogens is 478 g/mol. The van der Waals surface area contributed by atoms with E-state index in [9.17, 15) is 5.11 Å². The monoisotopic (exact) mass is 499 g/mol. The first-order valence-corrected chi connectivity index (χ1v) is 12.0. The number of imidazole rings is 1.